The molecule has 0 aliphatic carbocycles. The minimum atomic E-state index is -3.06. The van der Waals surface area contributed by atoms with Crippen molar-refractivity contribution in [2.24, 2.45) is 16.8 Å². The van der Waals surface area contributed by atoms with Gasteiger partial charge in [-0.05, 0) is 44.9 Å². The van der Waals surface area contributed by atoms with E-state index in [0.29, 0.717) is 24.9 Å². The van der Waals surface area contributed by atoms with E-state index in [1.807, 2.05) is 6.92 Å². The standard InChI is InChI=1S/C18H38N4O3S/c1-6-19-18(20-11-8-17(15(3)4)25-7-2)21-14-16-9-12-22(13-10-16)26(5,23)24/h15-17H,6-14H2,1-5H3,(H2,19,20,21). The molecule has 1 rings (SSSR count). The minimum Gasteiger partial charge on any atom is -0.378 e. The average Bonchev–Trinajstić information content (AvgIpc) is 2.58. The van der Waals surface area contributed by atoms with Gasteiger partial charge >= 0.3 is 0 Å². The molecule has 2 N–H and O–H groups in total. The van der Waals surface area contributed by atoms with Crippen LogP contribution in [0, 0.1) is 11.8 Å². The summed E-state index contributed by atoms with van der Waals surface area (Å²) in [6.45, 7) is 12.8. The number of hydrogen-bond donors (Lipinski definition) is 2. The van der Waals surface area contributed by atoms with Gasteiger partial charge in [-0.25, -0.2) is 12.7 Å². The lowest BCUT2D eigenvalue weighted by Crippen LogP contribution is -2.41. The molecule has 0 bridgehead atoms. The van der Waals surface area contributed by atoms with Crippen molar-refractivity contribution in [2.45, 2.75) is 53.1 Å². The Morgan fingerprint density at radius 2 is 1.88 bits per heavy atom. The molecule has 26 heavy (non-hydrogen) atoms. The van der Waals surface area contributed by atoms with Crippen LogP contribution >= 0.6 is 0 Å². The van der Waals surface area contributed by atoms with Crippen molar-refractivity contribution in [3.8, 4) is 0 Å². The van der Waals surface area contributed by atoms with Gasteiger partial charge < -0.3 is 15.4 Å². The third-order valence-corrected chi connectivity index (χ3v) is 6.04. The maximum Gasteiger partial charge on any atom is 0.211 e. The van der Waals surface area contributed by atoms with Gasteiger partial charge in [0.1, 0.15) is 0 Å². The first kappa shape index (κ1) is 23.2. The van der Waals surface area contributed by atoms with Crippen molar-refractivity contribution >= 4 is 16.0 Å². The lowest BCUT2D eigenvalue weighted by Gasteiger charge is -2.29. The van der Waals surface area contributed by atoms with Gasteiger partial charge in [0.15, 0.2) is 5.96 Å². The van der Waals surface area contributed by atoms with Crippen LogP contribution in [0.25, 0.3) is 0 Å². The van der Waals surface area contributed by atoms with E-state index in [0.717, 1.165) is 51.5 Å². The topological polar surface area (TPSA) is 83.0 Å². The van der Waals surface area contributed by atoms with Crippen LogP contribution in [-0.4, -0.2) is 70.4 Å². The molecule has 1 heterocycles. The molecule has 8 heteroatoms. The maximum absolute atomic E-state index is 11.6. The zero-order valence-electron chi connectivity index (χ0n) is 17.1. The first-order chi connectivity index (χ1) is 12.3. The summed E-state index contributed by atoms with van der Waals surface area (Å²) in [5.74, 6) is 1.77. The summed E-state index contributed by atoms with van der Waals surface area (Å²) in [7, 11) is -3.06. The second-order valence-electron chi connectivity index (χ2n) is 7.28. The molecule has 1 atom stereocenters. The smallest absolute Gasteiger partial charge is 0.211 e. The van der Waals surface area contributed by atoms with Gasteiger partial charge in [0.25, 0.3) is 0 Å². The number of ether oxygens (including phenoxy) is 1. The molecule has 0 radical (unpaired) electrons. The van der Waals surface area contributed by atoms with E-state index in [9.17, 15) is 8.42 Å². The first-order valence-electron chi connectivity index (χ1n) is 9.86. The van der Waals surface area contributed by atoms with E-state index < -0.39 is 10.0 Å². The number of guanidine groups is 1. The zero-order chi connectivity index (χ0) is 19.6. The number of nitrogens with zero attached hydrogens (tertiary/aromatic N) is 2. The molecule has 7 nitrogen and oxygen atoms in total. The summed E-state index contributed by atoms with van der Waals surface area (Å²) in [4.78, 5) is 4.70. The quantitative estimate of drug-likeness (QED) is 0.438. The van der Waals surface area contributed by atoms with Gasteiger partial charge in [0.2, 0.25) is 10.0 Å². The molecule has 0 spiro atoms. The van der Waals surface area contributed by atoms with Crippen LogP contribution in [0.3, 0.4) is 0 Å². The number of hydrogen-bond acceptors (Lipinski definition) is 4. The van der Waals surface area contributed by atoms with Crippen molar-refractivity contribution in [1.29, 1.82) is 0 Å². The summed E-state index contributed by atoms with van der Waals surface area (Å²) in [5.41, 5.74) is 0. The van der Waals surface area contributed by atoms with Gasteiger partial charge in [-0.15, -0.1) is 0 Å². The van der Waals surface area contributed by atoms with Gasteiger partial charge in [-0.2, -0.15) is 0 Å². The first-order valence-corrected chi connectivity index (χ1v) is 11.7. The maximum atomic E-state index is 11.6. The highest BCUT2D eigenvalue weighted by Gasteiger charge is 2.24. The van der Waals surface area contributed by atoms with Gasteiger partial charge in [0.05, 0.1) is 12.4 Å². The van der Waals surface area contributed by atoms with Gasteiger partial charge in [-0.1, -0.05) is 13.8 Å². The Labute approximate surface area is 160 Å². The van der Waals surface area contributed by atoms with E-state index in [2.05, 4.69) is 31.4 Å². The van der Waals surface area contributed by atoms with Crippen molar-refractivity contribution in [3.63, 3.8) is 0 Å². The second-order valence-corrected chi connectivity index (χ2v) is 9.26. The molecule has 1 aliphatic heterocycles. The van der Waals surface area contributed by atoms with Crippen LogP contribution in [0.4, 0.5) is 0 Å². The van der Waals surface area contributed by atoms with E-state index in [1.165, 1.54) is 6.26 Å². The molecule has 1 fully saturated rings. The molecule has 0 amide bonds. The zero-order valence-corrected chi connectivity index (χ0v) is 17.9. The van der Waals surface area contributed by atoms with Gasteiger partial charge in [-0.3, -0.25) is 4.99 Å². The van der Waals surface area contributed by atoms with Gasteiger partial charge in [0, 0.05) is 39.3 Å². The fourth-order valence-electron chi connectivity index (χ4n) is 3.14. The molecule has 0 saturated carbocycles. The number of rotatable bonds is 10. The third-order valence-electron chi connectivity index (χ3n) is 4.74. The minimum absolute atomic E-state index is 0.260. The van der Waals surface area contributed by atoms with E-state index in [4.69, 9.17) is 9.73 Å². The Balaban J connectivity index is 2.44. The SMILES string of the molecule is CCNC(=NCC1CCN(S(C)(=O)=O)CC1)NCCC(OCC)C(C)C. The fraction of sp³-hybridized carbons (Fsp3) is 0.944. The van der Waals surface area contributed by atoms with Crippen molar-refractivity contribution in [3.05, 3.63) is 0 Å². The third kappa shape index (κ3) is 8.68. The molecule has 1 saturated heterocycles. The van der Waals surface area contributed by atoms with Crippen molar-refractivity contribution in [2.75, 3.05) is 45.6 Å². The molecular weight excluding hydrogens is 352 g/mol. The largest absolute Gasteiger partial charge is 0.378 e. The number of piperidine rings is 1. The number of sulfonamides is 1. The van der Waals surface area contributed by atoms with Crippen LogP contribution in [0.1, 0.15) is 47.0 Å². The summed E-state index contributed by atoms with van der Waals surface area (Å²) in [6, 6.07) is 0. The normalized spacial score (nSPS) is 18.9. The predicted octanol–water partition coefficient (Wildman–Crippen LogP) is 1.66. The molecule has 154 valence electrons. The Hall–Kier alpha value is -0.860. The van der Waals surface area contributed by atoms with E-state index >= 15 is 0 Å². The van der Waals surface area contributed by atoms with Crippen LogP contribution in [0.15, 0.2) is 4.99 Å². The Morgan fingerprint density at radius 1 is 1.23 bits per heavy atom. The molecule has 0 aromatic rings. The lowest BCUT2D eigenvalue weighted by molar-refractivity contribution is 0.0258. The van der Waals surface area contributed by atoms with Crippen LogP contribution in [-0.2, 0) is 14.8 Å². The monoisotopic (exact) mass is 390 g/mol. The van der Waals surface area contributed by atoms with Crippen molar-refractivity contribution in [1.82, 2.24) is 14.9 Å². The summed E-state index contributed by atoms with van der Waals surface area (Å²) in [5, 5.41) is 6.67. The molecular formula is C18H38N4O3S. The van der Waals surface area contributed by atoms with Crippen molar-refractivity contribution < 1.29 is 13.2 Å². The lowest BCUT2D eigenvalue weighted by atomic mass is 9.98. The molecule has 0 aromatic carbocycles. The highest BCUT2D eigenvalue weighted by molar-refractivity contribution is 7.88. The summed E-state index contributed by atoms with van der Waals surface area (Å²) < 4.78 is 30.5. The Bertz CT molecular complexity index is 515. The number of aliphatic imine (C=N–C) groups is 1. The predicted molar refractivity (Wildman–Crippen MR) is 108 cm³/mol. The summed E-state index contributed by atoms with van der Waals surface area (Å²) in [6.07, 6.45) is 4.23. The second kappa shape index (κ2) is 11.8. The molecule has 1 unspecified atom stereocenters. The fourth-order valence-corrected chi connectivity index (χ4v) is 4.02. The van der Waals surface area contributed by atoms with Crippen LogP contribution in [0.2, 0.25) is 0 Å². The van der Waals surface area contributed by atoms with E-state index in [-0.39, 0.29) is 6.10 Å². The Kier molecular flexibility index (Phi) is 10.5. The average molecular weight is 391 g/mol. The molecule has 1 aliphatic rings. The molecule has 0 aromatic heterocycles. The number of nitrogens with one attached hydrogen (secondary N) is 2. The highest BCUT2D eigenvalue weighted by Crippen LogP contribution is 2.19. The summed E-state index contributed by atoms with van der Waals surface area (Å²) >= 11 is 0. The van der Waals surface area contributed by atoms with Crippen LogP contribution < -0.4 is 10.6 Å². The van der Waals surface area contributed by atoms with Crippen LogP contribution in [0.5, 0.6) is 0 Å². The van der Waals surface area contributed by atoms with E-state index in [1.54, 1.807) is 4.31 Å². The highest BCUT2D eigenvalue weighted by atomic mass is 32.2. The Morgan fingerprint density at radius 3 is 2.38 bits per heavy atom.